The van der Waals surface area contributed by atoms with Crippen molar-refractivity contribution in [3.05, 3.63) is 53.6 Å². The maximum atomic E-state index is 13.6. The van der Waals surface area contributed by atoms with E-state index in [9.17, 15) is 9.59 Å². The van der Waals surface area contributed by atoms with E-state index in [1.54, 1.807) is 35.2 Å². The molecule has 0 aromatic heterocycles. The molecule has 0 atom stereocenters. The van der Waals surface area contributed by atoms with Crippen molar-refractivity contribution in [3.8, 4) is 17.2 Å². The SMILES string of the molecule is CCN(CC)C(=O)COc1ccc(OCCCCCOc2ccc(C(=N)N)cc2)c(C(=O)N(C(C)C)C(C)C)c1. The van der Waals surface area contributed by atoms with Gasteiger partial charge in [-0.05, 0) is 103 Å². The van der Waals surface area contributed by atoms with E-state index < -0.39 is 0 Å². The molecule has 0 aliphatic rings. The molecule has 2 aromatic rings. The lowest BCUT2D eigenvalue weighted by atomic mass is 10.1. The van der Waals surface area contributed by atoms with Crippen LogP contribution in [0.1, 0.15) is 76.7 Å². The Morgan fingerprint density at radius 3 is 1.95 bits per heavy atom. The van der Waals surface area contributed by atoms with Crippen LogP contribution in [0.4, 0.5) is 0 Å². The molecule has 40 heavy (non-hydrogen) atoms. The smallest absolute Gasteiger partial charge is 0.260 e. The molecule has 0 bridgehead atoms. The maximum Gasteiger partial charge on any atom is 0.260 e. The maximum absolute atomic E-state index is 13.6. The first-order valence-corrected chi connectivity index (χ1v) is 14.2. The summed E-state index contributed by atoms with van der Waals surface area (Å²) in [5, 5.41) is 7.45. The summed E-state index contributed by atoms with van der Waals surface area (Å²) in [6.45, 7) is 14.0. The van der Waals surface area contributed by atoms with Gasteiger partial charge >= 0.3 is 0 Å². The van der Waals surface area contributed by atoms with E-state index in [0.717, 1.165) is 25.0 Å². The highest BCUT2D eigenvalue weighted by Gasteiger charge is 2.25. The van der Waals surface area contributed by atoms with Gasteiger partial charge in [0.25, 0.3) is 11.8 Å². The van der Waals surface area contributed by atoms with Crippen molar-refractivity contribution in [1.29, 1.82) is 5.41 Å². The molecule has 2 amide bonds. The molecule has 2 rings (SSSR count). The van der Waals surface area contributed by atoms with E-state index in [1.807, 2.05) is 58.6 Å². The summed E-state index contributed by atoms with van der Waals surface area (Å²) in [5.74, 6) is 1.50. The first-order chi connectivity index (χ1) is 19.1. The van der Waals surface area contributed by atoms with Gasteiger partial charge in [-0.1, -0.05) is 0 Å². The van der Waals surface area contributed by atoms with Crippen molar-refractivity contribution in [1.82, 2.24) is 9.80 Å². The Kier molecular flexibility index (Phi) is 13.3. The summed E-state index contributed by atoms with van der Waals surface area (Å²) in [6, 6.07) is 12.3. The van der Waals surface area contributed by atoms with Crippen molar-refractivity contribution in [2.24, 2.45) is 5.73 Å². The van der Waals surface area contributed by atoms with Gasteiger partial charge in [0.15, 0.2) is 6.61 Å². The minimum Gasteiger partial charge on any atom is -0.494 e. The van der Waals surface area contributed by atoms with Crippen LogP contribution in [0, 0.1) is 5.41 Å². The molecule has 0 saturated heterocycles. The van der Waals surface area contributed by atoms with Gasteiger partial charge in [-0.3, -0.25) is 15.0 Å². The van der Waals surface area contributed by atoms with E-state index in [4.69, 9.17) is 25.4 Å². The summed E-state index contributed by atoms with van der Waals surface area (Å²) >= 11 is 0. The van der Waals surface area contributed by atoms with Gasteiger partial charge in [0.2, 0.25) is 0 Å². The molecule has 9 heteroatoms. The molecule has 0 fully saturated rings. The van der Waals surface area contributed by atoms with Crippen molar-refractivity contribution < 1.29 is 23.8 Å². The quantitative estimate of drug-likeness (QED) is 0.159. The first-order valence-electron chi connectivity index (χ1n) is 14.2. The summed E-state index contributed by atoms with van der Waals surface area (Å²) in [7, 11) is 0. The number of nitrogen functional groups attached to an aromatic ring is 1. The van der Waals surface area contributed by atoms with E-state index in [2.05, 4.69) is 0 Å². The van der Waals surface area contributed by atoms with Crippen molar-refractivity contribution in [3.63, 3.8) is 0 Å². The van der Waals surface area contributed by atoms with Crippen molar-refractivity contribution in [2.45, 2.75) is 72.9 Å². The number of unbranched alkanes of at least 4 members (excludes halogenated alkanes) is 2. The van der Waals surface area contributed by atoms with Crippen LogP contribution in [0.5, 0.6) is 17.2 Å². The van der Waals surface area contributed by atoms with Crippen LogP contribution in [0.2, 0.25) is 0 Å². The third kappa shape index (κ3) is 9.77. The van der Waals surface area contributed by atoms with Crippen molar-refractivity contribution in [2.75, 3.05) is 32.9 Å². The molecule has 0 saturated carbocycles. The summed E-state index contributed by atoms with van der Waals surface area (Å²) in [6.07, 6.45) is 2.55. The van der Waals surface area contributed by atoms with E-state index in [0.29, 0.717) is 48.9 Å². The number of nitrogens with zero attached hydrogens (tertiary/aromatic N) is 2. The first kappa shape index (κ1) is 32.5. The van der Waals surface area contributed by atoms with Crippen LogP contribution < -0.4 is 19.9 Å². The van der Waals surface area contributed by atoms with Gasteiger partial charge in [0.05, 0.1) is 18.8 Å². The number of ether oxygens (including phenoxy) is 3. The largest absolute Gasteiger partial charge is 0.494 e. The number of carbonyl (C=O) groups is 2. The average Bonchev–Trinajstić information content (AvgIpc) is 2.92. The molecule has 0 unspecified atom stereocenters. The number of nitrogens with one attached hydrogen (secondary N) is 1. The minimum atomic E-state index is -0.135. The Hall–Kier alpha value is -3.75. The lowest BCUT2D eigenvalue weighted by Crippen LogP contribution is -2.42. The molecule has 0 spiro atoms. The topological polar surface area (TPSA) is 118 Å². The monoisotopic (exact) mass is 554 g/mol. The number of hydrogen-bond acceptors (Lipinski definition) is 6. The summed E-state index contributed by atoms with van der Waals surface area (Å²) in [4.78, 5) is 29.5. The highest BCUT2D eigenvalue weighted by Crippen LogP contribution is 2.28. The molecule has 2 aromatic carbocycles. The number of rotatable bonds is 17. The fourth-order valence-electron chi connectivity index (χ4n) is 4.39. The van der Waals surface area contributed by atoms with E-state index in [1.165, 1.54) is 0 Å². The molecular formula is C31H46N4O5. The molecule has 0 aliphatic heterocycles. The zero-order chi connectivity index (χ0) is 29.7. The molecule has 0 heterocycles. The zero-order valence-corrected chi connectivity index (χ0v) is 24.9. The zero-order valence-electron chi connectivity index (χ0n) is 24.9. The van der Waals surface area contributed by atoms with Crippen LogP contribution in [0.25, 0.3) is 0 Å². The Morgan fingerprint density at radius 1 is 0.825 bits per heavy atom. The average molecular weight is 555 g/mol. The van der Waals surface area contributed by atoms with Gasteiger partial charge in [-0.2, -0.15) is 0 Å². The van der Waals surface area contributed by atoms with Crippen LogP contribution in [0.15, 0.2) is 42.5 Å². The Morgan fingerprint density at radius 2 is 1.40 bits per heavy atom. The van der Waals surface area contributed by atoms with E-state index in [-0.39, 0.29) is 36.3 Å². The molecule has 0 aliphatic carbocycles. The van der Waals surface area contributed by atoms with Gasteiger partial charge in [0, 0.05) is 30.7 Å². The number of amidine groups is 1. The second-order valence-electron chi connectivity index (χ2n) is 10.1. The fraction of sp³-hybridized carbons (Fsp3) is 0.516. The molecule has 0 radical (unpaired) electrons. The van der Waals surface area contributed by atoms with Gasteiger partial charge in [-0.25, -0.2) is 0 Å². The predicted molar refractivity (Wildman–Crippen MR) is 159 cm³/mol. The highest BCUT2D eigenvalue weighted by atomic mass is 16.5. The lowest BCUT2D eigenvalue weighted by molar-refractivity contribution is -0.132. The number of nitrogens with two attached hydrogens (primary N) is 1. The van der Waals surface area contributed by atoms with Crippen LogP contribution in [0.3, 0.4) is 0 Å². The molecular weight excluding hydrogens is 508 g/mol. The molecule has 220 valence electrons. The number of benzene rings is 2. The highest BCUT2D eigenvalue weighted by molar-refractivity contribution is 5.98. The summed E-state index contributed by atoms with van der Waals surface area (Å²) in [5.41, 5.74) is 6.57. The molecule has 9 nitrogen and oxygen atoms in total. The Balaban J connectivity index is 1.98. The van der Waals surface area contributed by atoms with Crippen LogP contribution in [-0.4, -0.2) is 72.4 Å². The Labute approximate surface area is 239 Å². The number of amides is 2. The van der Waals surface area contributed by atoms with Crippen molar-refractivity contribution >= 4 is 17.6 Å². The van der Waals surface area contributed by atoms with Crippen LogP contribution >= 0.6 is 0 Å². The third-order valence-corrected chi connectivity index (χ3v) is 6.49. The van der Waals surface area contributed by atoms with Gasteiger partial charge in [-0.15, -0.1) is 0 Å². The van der Waals surface area contributed by atoms with E-state index >= 15 is 0 Å². The summed E-state index contributed by atoms with van der Waals surface area (Å²) < 4.78 is 17.6. The third-order valence-electron chi connectivity index (χ3n) is 6.49. The number of likely N-dealkylation sites (N-methyl/N-ethyl adjacent to an activating group) is 1. The number of carbonyl (C=O) groups excluding carboxylic acids is 2. The molecule has 3 N–H and O–H groups in total. The van der Waals surface area contributed by atoms with Gasteiger partial charge in [0.1, 0.15) is 23.1 Å². The van der Waals surface area contributed by atoms with Crippen LogP contribution in [-0.2, 0) is 4.79 Å². The predicted octanol–water partition coefficient (Wildman–Crippen LogP) is 5.10. The normalized spacial score (nSPS) is 10.9. The minimum absolute atomic E-state index is 0.00725. The Bertz CT molecular complexity index is 1090. The van der Waals surface area contributed by atoms with Gasteiger partial charge < -0.3 is 29.7 Å². The standard InChI is InChI=1S/C31H46N4O5/c1-7-34(8-2)29(36)21-40-26-16-17-28(27(20-26)31(37)35(22(3)4)23(5)6)39-19-11-9-10-18-38-25-14-12-24(13-15-25)30(32)33/h12-17,20,22-23H,7-11,18-19,21H2,1-6H3,(H3,32,33). The lowest BCUT2D eigenvalue weighted by Gasteiger charge is -2.31. The second kappa shape index (κ2) is 16.4. The number of hydrogen-bond donors (Lipinski definition) is 2. The second-order valence-corrected chi connectivity index (χ2v) is 10.1. The fourth-order valence-corrected chi connectivity index (χ4v) is 4.39.